The maximum Gasteiger partial charge on any atom is 0.135 e. The highest BCUT2D eigenvalue weighted by atomic mass is 16.3. The average Bonchev–Trinajstić information content (AvgIpc) is 3.10. The van der Waals surface area contributed by atoms with Crippen molar-refractivity contribution in [2.45, 2.75) is 25.5 Å². The van der Waals surface area contributed by atoms with Crippen molar-refractivity contribution in [2.24, 2.45) is 5.92 Å². The van der Waals surface area contributed by atoms with Gasteiger partial charge in [-0.25, -0.2) is 4.98 Å². The third-order valence-corrected chi connectivity index (χ3v) is 4.33. The minimum Gasteiger partial charge on any atom is -0.378 e. The SMILES string of the molecule is CC(C)[C@H](n1ccnc1)C(O)(c1ccccc1)c1ccccc1. The maximum absolute atomic E-state index is 11.9. The zero-order valence-electron chi connectivity index (χ0n) is 13.5. The van der Waals surface area contributed by atoms with E-state index in [0.29, 0.717) is 0 Å². The highest BCUT2D eigenvalue weighted by Crippen LogP contribution is 2.43. The summed E-state index contributed by atoms with van der Waals surface area (Å²) < 4.78 is 2.00. The fourth-order valence-electron chi connectivity index (χ4n) is 3.37. The molecule has 23 heavy (non-hydrogen) atoms. The zero-order valence-corrected chi connectivity index (χ0v) is 13.5. The van der Waals surface area contributed by atoms with Gasteiger partial charge in [0.15, 0.2) is 0 Å². The van der Waals surface area contributed by atoms with E-state index < -0.39 is 5.60 Å². The molecule has 1 heterocycles. The summed E-state index contributed by atoms with van der Waals surface area (Å²) in [7, 11) is 0. The lowest BCUT2D eigenvalue weighted by molar-refractivity contribution is 0.00201. The number of aromatic nitrogens is 2. The van der Waals surface area contributed by atoms with Crippen molar-refractivity contribution in [3.63, 3.8) is 0 Å². The molecule has 3 aromatic rings. The van der Waals surface area contributed by atoms with Gasteiger partial charge < -0.3 is 9.67 Å². The Labute approximate surface area is 137 Å². The van der Waals surface area contributed by atoms with Crippen LogP contribution in [-0.2, 0) is 5.60 Å². The van der Waals surface area contributed by atoms with Crippen molar-refractivity contribution in [1.82, 2.24) is 9.55 Å². The molecule has 0 bridgehead atoms. The molecule has 1 atom stereocenters. The summed E-state index contributed by atoms with van der Waals surface area (Å²) in [5.74, 6) is 0.217. The van der Waals surface area contributed by atoms with Gasteiger partial charge in [-0.2, -0.15) is 0 Å². The second-order valence-electron chi connectivity index (χ2n) is 6.20. The minimum absolute atomic E-state index is 0.158. The van der Waals surface area contributed by atoms with E-state index in [1.165, 1.54) is 0 Å². The molecule has 0 saturated carbocycles. The van der Waals surface area contributed by atoms with Crippen molar-refractivity contribution in [3.8, 4) is 0 Å². The summed E-state index contributed by atoms with van der Waals surface area (Å²) in [5.41, 5.74) is 0.648. The van der Waals surface area contributed by atoms with Gasteiger partial charge in [-0.15, -0.1) is 0 Å². The van der Waals surface area contributed by atoms with Crippen LogP contribution in [-0.4, -0.2) is 14.7 Å². The summed E-state index contributed by atoms with van der Waals surface area (Å²) in [6, 6.07) is 19.6. The molecule has 0 amide bonds. The van der Waals surface area contributed by atoms with Gasteiger partial charge in [0, 0.05) is 12.4 Å². The first kappa shape index (κ1) is 15.5. The van der Waals surface area contributed by atoms with E-state index in [1.54, 1.807) is 12.5 Å². The number of hydrogen-bond donors (Lipinski definition) is 1. The Hall–Kier alpha value is -2.39. The van der Waals surface area contributed by atoms with Crippen molar-refractivity contribution in [2.75, 3.05) is 0 Å². The molecule has 2 aromatic carbocycles. The molecule has 0 unspecified atom stereocenters. The Morgan fingerprint density at radius 1 is 0.913 bits per heavy atom. The number of nitrogens with zero attached hydrogens (tertiary/aromatic N) is 2. The lowest BCUT2D eigenvalue weighted by atomic mass is 9.75. The number of rotatable bonds is 5. The number of hydrogen-bond acceptors (Lipinski definition) is 2. The largest absolute Gasteiger partial charge is 0.378 e. The molecule has 0 aliphatic heterocycles. The monoisotopic (exact) mass is 306 g/mol. The Morgan fingerprint density at radius 2 is 1.43 bits per heavy atom. The van der Waals surface area contributed by atoms with Crippen LogP contribution in [0.15, 0.2) is 79.4 Å². The summed E-state index contributed by atoms with van der Waals surface area (Å²) in [6.45, 7) is 4.25. The number of aliphatic hydroxyl groups is 1. The smallest absolute Gasteiger partial charge is 0.135 e. The van der Waals surface area contributed by atoms with Crippen LogP contribution < -0.4 is 0 Å². The molecule has 0 fully saturated rings. The second kappa shape index (κ2) is 6.39. The Kier molecular flexibility index (Phi) is 4.30. The Morgan fingerprint density at radius 3 is 1.83 bits per heavy atom. The molecule has 1 aromatic heterocycles. The highest BCUT2D eigenvalue weighted by Gasteiger charge is 2.42. The zero-order chi connectivity index (χ0) is 16.3. The normalized spacial score (nSPS) is 13.2. The topological polar surface area (TPSA) is 38.0 Å². The van der Waals surface area contributed by atoms with E-state index >= 15 is 0 Å². The standard InChI is InChI=1S/C20H22N2O/c1-16(2)19(22-14-13-21-15-22)20(23,17-9-5-3-6-10-17)18-11-7-4-8-12-18/h3-16,19,23H,1-2H3/t19-/m0/s1. The highest BCUT2D eigenvalue weighted by molar-refractivity contribution is 5.38. The molecule has 3 nitrogen and oxygen atoms in total. The van der Waals surface area contributed by atoms with Crippen LogP contribution in [0, 0.1) is 5.92 Å². The summed E-state index contributed by atoms with van der Waals surface area (Å²) in [6.07, 6.45) is 5.45. The van der Waals surface area contributed by atoms with Gasteiger partial charge in [-0.3, -0.25) is 0 Å². The number of imidazole rings is 1. The predicted octanol–water partition coefficient (Wildman–Crippen LogP) is 4.02. The maximum atomic E-state index is 11.9. The van der Waals surface area contributed by atoms with Crippen LogP contribution in [0.2, 0.25) is 0 Å². The van der Waals surface area contributed by atoms with Crippen molar-refractivity contribution < 1.29 is 5.11 Å². The van der Waals surface area contributed by atoms with Crippen LogP contribution >= 0.6 is 0 Å². The molecular formula is C20H22N2O. The first-order valence-corrected chi connectivity index (χ1v) is 7.95. The van der Waals surface area contributed by atoms with E-state index in [-0.39, 0.29) is 12.0 Å². The molecule has 3 rings (SSSR count). The van der Waals surface area contributed by atoms with Crippen LogP contribution in [0.1, 0.15) is 31.0 Å². The third kappa shape index (κ3) is 2.80. The molecule has 0 aliphatic rings. The molecule has 3 heteroatoms. The predicted molar refractivity (Wildman–Crippen MR) is 92.0 cm³/mol. The van der Waals surface area contributed by atoms with E-state index in [1.807, 2.05) is 71.4 Å². The average molecular weight is 306 g/mol. The molecule has 1 N–H and O–H groups in total. The fourth-order valence-corrected chi connectivity index (χ4v) is 3.37. The van der Waals surface area contributed by atoms with Crippen molar-refractivity contribution >= 4 is 0 Å². The van der Waals surface area contributed by atoms with Gasteiger partial charge >= 0.3 is 0 Å². The molecule has 118 valence electrons. The first-order valence-electron chi connectivity index (χ1n) is 7.95. The summed E-state index contributed by atoms with van der Waals surface area (Å²) in [5, 5.41) is 11.9. The van der Waals surface area contributed by atoms with Gasteiger partial charge in [0.05, 0.1) is 12.4 Å². The van der Waals surface area contributed by atoms with E-state index in [4.69, 9.17) is 0 Å². The summed E-state index contributed by atoms with van der Waals surface area (Å²) >= 11 is 0. The van der Waals surface area contributed by atoms with E-state index in [9.17, 15) is 5.11 Å². The molecule has 0 saturated heterocycles. The minimum atomic E-state index is -1.13. The molecular weight excluding hydrogens is 284 g/mol. The van der Waals surface area contributed by atoms with Gasteiger partial charge in [-0.1, -0.05) is 74.5 Å². The van der Waals surface area contributed by atoms with Gasteiger partial charge in [0.2, 0.25) is 0 Å². The van der Waals surface area contributed by atoms with Crippen LogP contribution in [0.3, 0.4) is 0 Å². The quantitative estimate of drug-likeness (QED) is 0.773. The van der Waals surface area contributed by atoms with E-state index in [2.05, 4.69) is 18.8 Å². The van der Waals surface area contributed by atoms with Gasteiger partial charge in [-0.05, 0) is 17.0 Å². The first-order chi connectivity index (χ1) is 11.1. The van der Waals surface area contributed by atoms with Crippen LogP contribution in [0.4, 0.5) is 0 Å². The fraction of sp³-hybridized carbons (Fsp3) is 0.250. The Bertz CT molecular complexity index is 681. The molecule has 0 radical (unpaired) electrons. The lowest BCUT2D eigenvalue weighted by Crippen LogP contribution is -2.40. The molecule has 0 spiro atoms. The Balaban J connectivity index is 2.23. The molecule has 0 aliphatic carbocycles. The lowest BCUT2D eigenvalue weighted by Gasteiger charge is -2.40. The van der Waals surface area contributed by atoms with Crippen LogP contribution in [0.25, 0.3) is 0 Å². The summed E-state index contributed by atoms with van der Waals surface area (Å²) in [4.78, 5) is 4.18. The van der Waals surface area contributed by atoms with Gasteiger partial charge in [0.1, 0.15) is 5.60 Å². The van der Waals surface area contributed by atoms with Crippen molar-refractivity contribution in [1.29, 1.82) is 0 Å². The van der Waals surface area contributed by atoms with E-state index in [0.717, 1.165) is 11.1 Å². The third-order valence-electron chi connectivity index (χ3n) is 4.33. The van der Waals surface area contributed by atoms with Gasteiger partial charge in [0.25, 0.3) is 0 Å². The van der Waals surface area contributed by atoms with Crippen LogP contribution in [0.5, 0.6) is 0 Å². The van der Waals surface area contributed by atoms with Crippen molar-refractivity contribution in [3.05, 3.63) is 90.5 Å². The second-order valence-corrected chi connectivity index (χ2v) is 6.20. The number of benzene rings is 2.